The van der Waals surface area contributed by atoms with E-state index in [1.165, 1.54) is 37.3 Å². The van der Waals surface area contributed by atoms with Crippen LogP contribution >= 0.6 is 27.3 Å². The van der Waals surface area contributed by atoms with Gasteiger partial charge in [0.2, 0.25) is 5.88 Å². The van der Waals surface area contributed by atoms with Crippen LogP contribution in [0.4, 0.5) is 26.3 Å². The summed E-state index contributed by atoms with van der Waals surface area (Å²) in [5.41, 5.74) is -0.835. The third kappa shape index (κ3) is 6.52. The first-order valence-corrected chi connectivity index (χ1v) is 14.2. The van der Waals surface area contributed by atoms with Crippen LogP contribution in [0.25, 0.3) is 20.9 Å². The molecule has 17 heteroatoms. The van der Waals surface area contributed by atoms with Crippen LogP contribution in [0, 0.1) is 6.01 Å². The molecule has 0 saturated heterocycles. The number of carbonyl (C=O) groups excluding carboxylic acids is 1. The molecule has 0 bridgehead atoms. The first-order chi connectivity index (χ1) is 20.9. The first kappa shape index (κ1) is 31.3. The molecule has 0 amide bonds. The van der Waals surface area contributed by atoms with Gasteiger partial charge in [-0.1, -0.05) is 12.1 Å². The number of furan rings is 1. The average Bonchev–Trinajstić information content (AvgIpc) is 3.68. The Kier molecular flexibility index (Phi) is 8.88. The van der Waals surface area contributed by atoms with Crippen molar-refractivity contribution in [1.29, 1.82) is 0 Å². The van der Waals surface area contributed by atoms with E-state index in [-0.39, 0.29) is 32.8 Å². The molecule has 0 spiro atoms. The minimum Gasteiger partial charge on any atom is -0.487 e. The van der Waals surface area contributed by atoms with E-state index in [4.69, 9.17) is 18.6 Å². The molecular weight excluding hydrogens is 686 g/mol. The second kappa shape index (κ2) is 12.5. The van der Waals surface area contributed by atoms with Crippen LogP contribution in [-0.2, 0) is 28.6 Å². The number of esters is 1. The van der Waals surface area contributed by atoms with E-state index in [1.54, 1.807) is 0 Å². The third-order valence-corrected chi connectivity index (χ3v) is 8.17. The number of thiophene rings is 1. The van der Waals surface area contributed by atoms with Gasteiger partial charge in [0.15, 0.2) is 0 Å². The number of carbonyl (C=O) groups is 1. The Hall–Kier alpha value is -4.12. The molecule has 4 heterocycles. The molecule has 9 nitrogen and oxygen atoms in total. The van der Waals surface area contributed by atoms with Crippen molar-refractivity contribution in [2.24, 2.45) is 0 Å². The average molecular weight is 705 g/mol. The van der Waals surface area contributed by atoms with Crippen LogP contribution in [0.2, 0.25) is 0 Å². The van der Waals surface area contributed by atoms with Crippen LogP contribution < -0.4 is 9.47 Å². The van der Waals surface area contributed by atoms with Gasteiger partial charge in [0.1, 0.15) is 35.8 Å². The summed E-state index contributed by atoms with van der Waals surface area (Å²) in [5, 5.41) is 3.71. The molecule has 0 aliphatic carbocycles. The van der Waals surface area contributed by atoms with Crippen molar-refractivity contribution < 1.29 is 49.8 Å². The number of hydrogen-bond acceptors (Lipinski definition) is 9. The molecule has 5 aromatic rings. The molecule has 1 aromatic carbocycles. The van der Waals surface area contributed by atoms with Gasteiger partial charge in [-0.3, -0.25) is 4.68 Å². The molecule has 1 atom stereocenters. The SMILES string of the molecule is CCOC(=O)[C@H](Oc1ncnc2sc(-c3ccc(F)o3)c(Br)c12)C(F)(F)c1ccccc1OCc1ccnn1CC(F)(F)F. The maximum absolute atomic E-state index is 16.3. The highest BCUT2D eigenvalue weighted by Gasteiger charge is 2.51. The lowest BCUT2D eigenvalue weighted by atomic mass is 10.0. The second-order valence-electron chi connectivity index (χ2n) is 8.96. The van der Waals surface area contributed by atoms with Crippen molar-refractivity contribution in [3.8, 4) is 22.3 Å². The minimum absolute atomic E-state index is 0.0310. The van der Waals surface area contributed by atoms with E-state index in [0.717, 1.165) is 36.0 Å². The molecule has 0 fully saturated rings. The summed E-state index contributed by atoms with van der Waals surface area (Å²) in [6.45, 7) is -0.789. The Morgan fingerprint density at radius 3 is 2.59 bits per heavy atom. The number of aromatic nitrogens is 4. The van der Waals surface area contributed by atoms with Gasteiger partial charge in [-0.25, -0.2) is 14.8 Å². The van der Waals surface area contributed by atoms with E-state index in [1.807, 2.05) is 0 Å². The number of ether oxygens (including phenoxy) is 3. The monoisotopic (exact) mass is 704 g/mol. The zero-order valence-corrected chi connectivity index (χ0v) is 24.7. The number of nitrogens with zero attached hydrogens (tertiary/aromatic N) is 4. The highest BCUT2D eigenvalue weighted by atomic mass is 79.9. The van der Waals surface area contributed by atoms with E-state index >= 15 is 8.78 Å². The minimum atomic E-state index is -4.57. The highest BCUT2D eigenvalue weighted by molar-refractivity contribution is 9.10. The Labute approximate surface area is 256 Å². The van der Waals surface area contributed by atoms with E-state index < -0.39 is 60.5 Å². The first-order valence-electron chi connectivity index (χ1n) is 12.6. The predicted octanol–water partition coefficient (Wildman–Crippen LogP) is 7.29. The molecule has 0 aliphatic heterocycles. The number of hydrogen-bond donors (Lipinski definition) is 0. The molecule has 0 unspecified atom stereocenters. The molecule has 0 N–H and O–H groups in total. The zero-order chi connectivity index (χ0) is 31.6. The summed E-state index contributed by atoms with van der Waals surface area (Å²) in [6.07, 6.45) is -5.02. The normalized spacial score (nSPS) is 12.8. The highest BCUT2D eigenvalue weighted by Crippen LogP contribution is 2.46. The van der Waals surface area contributed by atoms with Crippen molar-refractivity contribution in [3.63, 3.8) is 0 Å². The van der Waals surface area contributed by atoms with Crippen LogP contribution in [0.3, 0.4) is 0 Å². The van der Waals surface area contributed by atoms with Crippen molar-refractivity contribution in [2.75, 3.05) is 6.61 Å². The molecule has 0 saturated carbocycles. The summed E-state index contributed by atoms with van der Waals surface area (Å²) in [7, 11) is 0. The number of rotatable bonds is 11. The lowest BCUT2D eigenvalue weighted by molar-refractivity contribution is -0.174. The van der Waals surface area contributed by atoms with Gasteiger partial charge in [-0.15, -0.1) is 11.3 Å². The van der Waals surface area contributed by atoms with Crippen LogP contribution in [0.15, 0.2) is 63.9 Å². The van der Waals surface area contributed by atoms with Crippen molar-refractivity contribution >= 4 is 43.5 Å². The summed E-state index contributed by atoms with van der Waals surface area (Å²) in [5.74, 6) is -6.27. The van der Waals surface area contributed by atoms with Crippen molar-refractivity contribution in [1.82, 2.24) is 19.7 Å². The summed E-state index contributed by atoms with van der Waals surface area (Å²) < 4.78 is 107. The number of benzene rings is 1. The smallest absolute Gasteiger partial charge is 0.408 e. The van der Waals surface area contributed by atoms with Gasteiger partial charge in [-0.2, -0.15) is 31.4 Å². The Morgan fingerprint density at radius 1 is 1.11 bits per heavy atom. The number of halogens is 7. The van der Waals surface area contributed by atoms with Gasteiger partial charge in [0.25, 0.3) is 12.1 Å². The van der Waals surface area contributed by atoms with E-state index in [9.17, 15) is 22.4 Å². The van der Waals surface area contributed by atoms with Gasteiger partial charge < -0.3 is 18.6 Å². The maximum atomic E-state index is 16.3. The molecule has 0 radical (unpaired) electrons. The molecular formula is C27H19BrF6N4O5S. The number of alkyl halides is 5. The van der Waals surface area contributed by atoms with Crippen molar-refractivity contribution in [3.05, 3.63) is 76.7 Å². The van der Waals surface area contributed by atoms with Gasteiger partial charge in [0, 0.05) is 12.3 Å². The van der Waals surface area contributed by atoms with Crippen molar-refractivity contribution in [2.45, 2.75) is 38.3 Å². The quantitative estimate of drug-likeness (QED) is 0.104. The molecule has 4 aromatic heterocycles. The van der Waals surface area contributed by atoms with E-state index in [2.05, 4.69) is 31.0 Å². The lowest BCUT2D eigenvalue weighted by Gasteiger charge is -2.27. The molecule has 44 heavy (non-hydrogen) atoms. The topological polar surface area (TPSA) is 102 Å². The van der Waals surface area contributed by atoms with Gasteiger partial charge >= 0.3 is 18.1 Å². The fourth-order valence-corrected chi connectivity index (χ4v) is 6.03. The fourth-order valence-electron chi connectivity index (χ4n) is 4.11. The summed E-state index contributed by atoms with van der Waals surface area (Å²) in [4.78, 5) is 21.6. The standard InChI is InChI=1S/C27H19BrF6N4O5S/c1-2-40-25(39)22(43-23-19-20(28)21(17-7-8-18(29)42-17)44-24(19)36-13-35-23)27(33,34)15-5-3-4-6-16(15)41-11-14-9-10-37-38(14)12-26(30,31)32/h3-10,13,22H,2,11-12H2,1H3/t22-/m0/s1. The number of fused-ring (bicyclic) bond motifs is 1. The molecule has 0 aliphatic rings. The molecule has 5 rings (SSSR count). The van der Waals surface area contributed by atoms with Crippen LogP contribution in [-0.4, -0.2) is 44.6 Å². The third-order valence-electron chi connectivity index (χ3n) is 6.01. The maximum Gasteiger partial charge on any atom is 0.408 e. The van der Waals surface area contributed by atoms with Crippen LogP contribution in [0.5, 0.6) is 11.6 Å². The summed E-state index contributed by atoms with van der Waals surface area (Å²) in [6, 6.07) is 7.65. The summed E-state index contributed by atoms with van der Waals surface area (Å²) >= 11 is 4.37. The van der Waals surface area contributed by atoms with Crippen LogP contribution in [0.1, 0.15) is 18.2 Å². The Morgan fingerprint density at radius 2 is 1.89 bits per heavy atom. The lowest BCUT2D eigenvalue weighted by Crippen LogP contribution is -2.44. The number of para-hydroxylation sites is 1. The largest absolute Gasteiger partial charge is 0.487 e. The molecule has 232 valence electrons. The fraction of sp³-hybridized carbons (Fsp3) is 0.259. The Bertz CT molecular complexity index is 1790. The zero-order valence-electron chi connectivity index (χ0n) is 22.3. The van der Waals surface area contributed by atoms with E-state index in [0.29, 0.717) is 9.56 Å². The van der Waals surface area contributed by atoms with Gasteiger partial charge in [-0.05, 0) is 47.1 Å². The van der Waals surface area contributed by atoms with Gasteiger partial charge in [0.05, 0.1) is 32.6 Å². The Balaban J connectivity index is 1.49. The predicted molar refractivity (Wildman–Crippen MR) is 147 cm³/mol. The second-order valence-corrected chi connectivity index (χ2v) is 10.8.